The Kier molecular flexibility index (Phi) is 6.35. The molecule has 0 aliphatic carbocycles. The van der Waals surface area contributed by atoms with Gasteiger partial charge in [-0.2, -0.15) is 5.10 Å². The smallest absolute Gasteiger partial charge is 0.260 e. The van der Waals surface area contributed by atoms with Crippen LogP contribution >= 0.6 is 0 Å². The first-order valence-corrected chi connectivity index (χ1v) is 10.1. The molecule has 0 saturated carbocycles. The zero-order valence-corrected chi connectivity index (χ0v) is 17.2. The molecule has 1 atom stereocenters. The third-order valence-corrected chi connectivity index (χ3v) is 5.24. The number of nitrogens with zero attached hydrogens (tertiary/aromatic N) is 2. The third-order valence-electron chi connectivity index (χ3n) is 5.24. The molecule has 7 nitrogen and oxygen atoms in total. The van der Waals surface area contributed by atoms with E-state index in [9.17, 15) is 9.18 Å². The van der Waals surface area contributed by atoms with Crippen molar-refractivity contribution >= 4 is 5.91 Å². The van der Waals surface area contributed by atoms with E-state index in [1.165, 1.54) is 24.3 Å². The van der Waals surface area contributed by atoms with E-state index in [4.69, 9.17) is 14.2 Å². The summed E-state index contributed by atoms with van der Waals surface area (Å²) in [6.07, 6.45) is 0.833. The number of amides is 1. The van der Waals surface area contributed by atoms with Gasteiger partial charge in [0, 0.05) is 19.0 Å². The fraction of sp³-hybridized carbons (Fsp3) is 0.304. The van der Waals surface area contributed by atoms with Gasteiger partial charge >= 0.3 is 0 Å². The number of nitrogens with one attached hydrogen (secondary N) is 1. The topological polar surface area (TPSA) is 76.7 Å². The predicted octanol–water partition coefficient (Wildman–Crippen LogP) is 3.53. The lowest BCUT2D eigenvalue weighted by Gasteiger charge is -2.16. The highest BCUT2D eigenvalue weighted by Gasteiger charge is 2.29. The van der Waals surface area contributed by atoms with E-state index >= 15 is 0 Å². The molecule has 1 aromatic heterocycles. The van der Waals surface area contributed by atoms with Crippen LogP contribution in [0, 0.1) is 5.82 Å². The molecule has 0 spiro atoms. The maximum atomic E-state index is 13.0. The Hall–Kier alpha value is -3.55. The minimum absolute atomic E-state index is 0.0725. The van der Waals surface area contributed by atoms with Crippen LogP contribution in [0.25, 0.3) is 0 Å². The molecule has 2 aromatic carbocycles. The Morgan fingerprint density at radius 1 is 1.16 bits per heavy atom. The van der Waals surface area contributed by atoms with Crippen molar-refractivity contribution in [1.82, 2.24) is 15.1 Å². The van der Waals surface area contributed by atoms with Crippen LogP contribution in [-0.2, 0) is 11.4 Å². The van der Waals surface area contributed by atoms with Crippen molar-refractivity contribution in [2.75, 3.05) is 26.8 Å². The zero-order chi connectivity index (χ0) is 21.6. The number of methoxy groups -OCH3 is 1. The molecular formula is C23H24FN3O4. The largest absolute Gasteiger partial charge is 0.493 e. The SMILES string of the molecule is COc1ccccc1OCc1cc(C2CCN(C(=O)COc3ccc(F)cc3)C2)n[nH]1. The fourth-order valence-corrected chi connectivity index (χ4v) is 3.55. The molecule has 1 N–H and O–H groups in total. The first-order chi connectivity index (χ1) is 15.1. The van der Waals surface area contributed by atoms with Crippen LogP contribution in [0.4, 0.5) is 4.39 Å². The summed E-state index contributed by atoms with van der Waals surface area (Å²) in [5.74, 6) is 1.54. The summed E-state index contributed by atoms with van der Waals surface area (Å²) in [7, 11) is 1.61. The molecular weight excluding hydrogens is 401 g/mol. The number of rotatable bonds is 8. The van der Waals surface area contributed by atoms with Crippen molar-refractivity contribution in [3.8, 4) is 17.2 Å². The second-order valence-electron chi connectivity index (χ2n) is 7.33. The highest BCUT2D eigenvalue weighted by Crippen LogP contribution is 2.28. The zero-order valence-electron chi connectivity index (χ0n) is 17.2. The lowest BCUT2D eigenvalue weighted by molar-refractivity contribution is -0.132. The number of para-hydroxylation sites is 2. The summed E-state index contributed by atoms with van der Waals surface area (Å²) >= 11 is 0. The Morgan fingerprint density at radius 3 is 2.71 bits per heavy atom. The lowest BCUT2D eigenvalue weighted by atomic mass is 10.1. The normalized spacial score (nSPS) is 15.7. The van der Waals surface area contributed by atoms with Crippen LogP contribution in [0.2, 0.25) is 0 Å². The molecule has 1 fully saturated rings. The number of halogens is 1. The number of aromatic amines is 1. The maximum Gasteiger partial charge on any atom is 0.260 e. The van der Waals surface area contributed by atoms with Crippen LogP contribution in [0.5, 0.6) is 17.2 Å². The summed E-state index contributed by atoms with van der Waals surface area (Å²) in [5.41, 5.74) is 1.76. The Balaban J connectivity index is 1.27. The van der Waals surface area contributed by atoms with E-state index in [1.54, 1.807) is 12.0 Å². The Labute approximate surface area is 179 Å². The number of carbonyl (C=O) groups excluding carboxylic acids is 1. The molecule has 8 heteroatoms. The van der Waals surface area contributed by atoms with Crippen molar-refractivity contribution in [1.29, 1.82) is 0 Å². The summed E-state index contributed by atoms with van der Waals surface area (Å²) in [6.45, 7) is 1.50. The van der Waals surface area contributed by atoms with Crippen LogP contribution in [0.3, 0.4) is 0 Å². The van der Waals surface area contributed by atoms with E-state index in [2.05, 4.69) is 10.2 Å². The van der Waals surface area contributed by atoms with Crippen LogP contribution in [0.1, 0.15) is 23.7 Å². The van der Waals surface area contributed by atoms with Crippen molar-refractivity contribution < 1.29 is 23.4 Å². The number of ether oxygens (including phenoxy) is 3. The number of hydrogen-bond acceptors (Lipinski definition) is 5. The van der Waals surface area contributed by atoms with E-state index in [0.29, 0.717) is 36.9 Å². The molecule has 1 aliphatic rings. The third kappa shape index (κ3) is 5.14. The number of likely N-dealkylation sites (tertiary alicyclic amines) is 1. The molecule has 1 saturated heterocycles. The van der Waals surface area contributed by atoms with Gasteiger partial charge in [-0.15, -0.1) is 0 Å². The number of carbonyl (C=O) groups is 1. The Morgan fingerprint density at radius 2 is 1.94 bits per heavy atom. The molecule has 0 bridgehead atoms. The second-order valence-corrected chi connectivity index (χ2v) is 7.33. The highest BCUT2D eigenvalue weighted by atomic mass is 19.1. The van der Waals surface area contributed by atoms with Gasteiger partial charge in [0.1, 0.15) is 18.2 Å². The van der Waals surface area contributed by atoms with Gasteiger partial charge < -0.3 is 19.1 Å². The summed E-state index contributed by atoms with van der Waals surface area (Å²) < 4.78 is 29.5. The van der Waals surface area contributed by atoms with Crippen LogP contribution < -0.4 is 14.2 Å². The van der Waals surface area contributed by atoms with Crippen LogP contribution in [0.15, 0.2) is 54.6 Å². The van der Waals surface area contributed by atoms with Crippen molar-refractivity contribution in [3.63, 3.8) is 0 Å². The van der Waals surface area contributed by atoms with Gasteiger partial charge in [0.15, 0.2) is 18.1 Å². The van der Waals surface area contributed by atoms with E-state index < -0.39 is 0 Å². The van der Waals surface area contributed by atoms with E-state index in [-0.39, 0.29) is 24.2 Å². The van der Waals surface area contributed by atoms with E-state index in [1.807, 2.05) is 30.3 Å². The number of benzene rings is 2. The molecule has 3 aromatic rings. The maximum absolute atomic E-state index is 13.0. The number of H-pyrrole nitrogens is 1. The molecule has 4 rings (SSSR count). The van der Waals surface area contributed by atoms with Gasteiger partial charge in [-0.1, -0.05) is 12.1 Å². The summed E-state index contributed by atoms with van der Waals surface area (Å²) in [4.78, 5) is 14.2. The molecule has 31 heavy (non-hydrogen) atoms. The van der Waals surface area contributed by atoms with Crippen molar-refractivity contribution in [2.45, 2.75) is 18.9 Å². The fourth-order valence-electron chi connectivity index (χ4n) is 3.55. The van der Waals surface area contributed by atoms with Gasteiger partial charge in [0.05, 0.1) is 18.5 Å². The molecule has 0 radical (unpaired) electrons. The molecule has 162 valence electrons. The van der Waals surface area contributed by atoms with Gasteiger partial charge in [0.25, 0.3) is 5.91 Å². The molecule has 1 unspecified atom stereocenters. The quantitative estimate of drug-likeness (QED) is 0.598. The first-order valence-electron chi connectivity index (χ1n) is 10.1. The molecule has 1 aliphatic heterocycles. The van der Waals surface area contributed by atoms with Crippen LogP contribution in [-0.4, -0.2) is 47.8 Å². The van der Waals surface area contributed by atoms with Crippen molar-refractivity contribution in [3.05, 3.63) is 71.8 Å². The predicted molar refractivity (Wildman–Crippen MR) is 112 cm³/mol. The van der Waals surface area contributed by atoms with Gasteiger partial charge in [-0.05, 0) is 48.9 Å². The lowest BCUT2D eigenvalue weighted by Crippen LogP contribution is -2.32. The number of aromatic nitrogens is 2. The van der Waals surface area contributed by atoms with Gasteiger partial charge in [0.2, 0.25) is 0 Å². The molecule has 2 heterocycles. The van der Waals surface area contributed by atoms with Gasteiger partial charge in [-0.25, -0.2) is 4.39 Å². The Bertz CT molecular complexity index is 1020. The standard InChI is InChI=1S/C23H24FN3O4/c1-29-21-4-2-3-5-22(21)31-14-18-12-20(26-25-18)16-10-11-27(13-16)23(28)15-30-19-8-6-17(24)7-9-19/h2-9,12,16H,10-11,13-15H2,1H3,(H,25,26). The van der Waals surface area contributed by atoms with E-state index in [0.717, 1.165) is 17.8 Å². The summed E-state index contributed by atoms with van der Waals surface area (Å²) in [5, 5.41) is 7.42. The first kappa shape index (κ1) is 20.7. The average Bonchev–Trinajstić information content (AvgIpc) is 3.47. The average molecular weight is 425 g/mol. The minimum atomic E-state index is -0.340. The highest BCUT2D eigenvalue weighted by molar-refractivity contribution is 5.78. The second kappa shape index (κ2) is 9.51. The monoisotopic (exact) mass is 425 g/mol. The molecule has 1 amide bonds. The summed E-state index contributed by atoms with van der Waals surface area (Å²) in [6, 6.07) is 15.1. The van der Waals surface area contributed by atoms with Crippen molar-refractivity contribution in [2.24, 2.45) is 0 Å². The van der Waals surface area contributed by atoms with Gasteiger partial charge in [-0.3, -0.25) is 9.89 Å². The minimum Gasteiger partial charge on any atom is -0.493 e. The number of hydrogen-bond donors (Lipinski definition) is 1.